The molecule has 0 bridgehead atoms. The summed E-state index contributed by atoms with van der Waals surface area (Å²) in [6, 6.07) is 7.33. The van der Waals surface area contributed by atoms with E-state index in [9.17, 15) is 4.79 Å². The number of aryl methyl sites for hydroxylation is 1. The number of aromatic nitrogens is 5. The second-order valence-corrected chi connectivity index (χ2v) is 5.57. The summed E-state index contributed by atoms with van der Waals surface area (Å²) in [5.41, 5.74) is 2.11. The molecule has 122 valence electrons. The first kappa shape index (κ1) is 14.4. The molecular formula is C16H16N6O2. The predicted octanol–water partition coefficient (Wildman–Crippen LogP) is 1.35. The number of methoxy groups -OCH3 is 1. The number of hydrogen-bond acceptors (Lipinski definition) is 5. The molecule has 0 radical (unpaired) electrons. The van der Waals surface area contributed by atoms with Gasteiger partial charge in [-0.2, -0.15) is 0 Å². The summed E-state index contributed by atoms with van der Waals surface area (Å²) in [6.45, 7) is 0.860. The fraction of sp³-hybridized carbons (Fsp3) is 0.250. The molecule has 3 aromatic rings. The Morgan fingerprint density at radius 2 is 2.17 bits per heavy atom. The molecule has 2 aromatic heterocycles. The molecule has 1 atom stereocenters. The maximum atomic E-state index is 12.4. The number of rotatable bonds is 4. The Kier molecular flexibility index (Phi) is 3.49. The molecule has 1 amide bonds. The highest BCUT2D eigenvalue weighted by molar-refractivity contribution is 5.92. The Morgan fingerprint density at radius 1 is 1.33 bits per heavy atom. The smallest absolute Gasteiger partial charge is 0.274 e. The van der Waals surface area contributed by atoms with Gasteiger partial charge >= 0.3 is 0 Å². The first-order chi connectivity index (χ1) is 11.7. The summed E-state index contributed by atoms with van der Waals surface area (Å²) in [5.74, 6) is 0.518. The van der Waals surface area contributed by atoms with E-state index in [2.05, 4.69) is 20.6 Å². The van der Waals surface area contributed by atoms with Gasteiger partial charge in [-0.15, -0.1) is 5.10 Å². The number of carbonyl (C=O) groups is 1. The minimum atomic E-state index is -0.241. The highest BCUT2D eigenvalue weighted by atomic mass is 16.5. The zero-order valence-electron chi connectivity index (χ0n) is 13.1. The molecule has 1 unspecified atom stereocenters. The number of nitrogens with one attached hydrogen (secondary N) is 1. The van der Waals surface area contributed by atoms with Crippen molar-refractivity contribution >= 4 is 5.91 Å². The van der Waals surface area contributed by atoms with Crippen molar-refractivity contribution in [2.75, 3.05) is 7.11 Å². The topological polar surface area (TPSA) is 86.9 Å². The van der Waals surface area contributed by atoms with Crippen LogP contribution in [0.4, 0.5) is 0 Å². The molecule has 1 aliphatic rings. The zero-order chi connectivity index (χ0) is 16.5. The maximum absolute atomic E-state index is 12.4. The summed E-state index contributed by atoms with van der Waals surface area (Å²) >= 11 is 0. The third-order valence-electron chi connectivity index (χ3n) is 4.13. The quantitative estimate of drug-likeness (QED) is 0.783. The van der Waals surface area contributed by atoms with Gasteiger partial charge < -0.3 is 14.6 Å². The molecule has 1 N–H and O–H groups in total. The van der Waals surface area contributed by atoms with Crippen LogP contribution in [0.2, 0.25) is 0 Å². The summed E-state index contributed by atoms with van der Waals surface area (Å²) < 4.78 is 8.73. The van der Waals surface area contributed by atoms with Gasteiger partial charge in [0.05, 0.1) is 43.3 Å². The van der Waals surface area contributed by atoms with Crippen molar-refractivity contribution in [1.29, 1.82) is 0 Å². The van der Waals surface area contributed by atoms with E-state index in [1.165, 1.54) is 0 Å². The number of ether oxygens (including phenoxy) is 1. The third-order valence-corrected chi connectivity index (χ3v) is 4.13. The molecule has 24 heavy (non-hydrogen) atoms. The Hall–Kier alpha value is -3.16. The Morgan fingerprint density at radius 3 is 2.96 bits per heavy atom. The molecule has 0 saturated carbocycles. The van der Waals surface area contributed by atoms with Crippen LogP contribution in [0.5, 0.6) is 5.75 Å². The highest BCUT2D eigenvalue weighted by Crippen LogP contribution is 2.24. The van der Waals surface area contributed by atoms with Crippen LogP contribution >= 0.6 is 0 Å². The summed E-state index contributed by atoms with van der Waals surface area (Å²) in [6.07, 6.45) is 6.03. The molecular weight excluding hydrogens is 308 g/mol. The molecule has 0 fully saturated rings. The fourth-order valence-electron chi connectivity index (χ4n) is 2.83. The molecule has 8 nitrogen and oxygen atoms in total. The van der Waals surface area contributed by atoms with Crippen LogP contribution in [-0.2, 0) is 6.54 Å². The second kappa shape index (κ2) is 5.80. The van der Waals surface area contributed by atoms with Crippen LogP contribution in [0.15, 0.2) is 43.0 Å². The zero-order valence-corrected chi connectivity index (χ0v) is 13.1. The third kappa shape index (κ3) is 2.51. The minimum absolute atomic E-state index is 0.0360. The molecule has 0 spiro atoms. The minimum Gasteiger partial charge on any atom is -0.497 e. The normalized spacial score (nSPS) is 16.0. The van der Waals surface area contributed by atoms with E-state index >= 15 is 0 Å². The van der Waals surface area contributed by atoms with Crippen molar-refractivity contribution in [1.82, 2.24) is 29.9 Å². The van der Waals surface area contributed by atoms with Gasteiger partial charge in [0.2, 0.25) is 0 Å². The second-order valence-electron chi connectivity index (χ2n) is 5.57. The van der Waals surface area contributed by atoms with E-state index in [-0.39, 0.29) is 17.6 Å². The number of hydrogen-bond donors (Lipinski definition) is 1. The largest absolute Gasteiger partial charge is 0.497 e. The van der Waals surface area contributed by atoms with Crippen molar-refractivity contribution in [3.63, 3.8) is 0 Å². The lowest BCUT2D eigenvalue weighted by molar-refractivity contribution is 0.0931. The molecule has 1 aliphatic heterocycles. The number of amides is 1. The lowest BCUT2D eigenvalue weighted by Gasteiger charge is -2.09. The fourth-order valence-corrected chi connectivity index (χ4v) is 2.83. The first-order valence-corrected chi connectivity index (χ1v) is 7.62. The lowest BCUT2D eigenvalue weighted by atomic mass is 10.2. The van der Waals surface area contributed by atoms with Gasteiger partial charge in [0.1, 0.15) is 5.75 Å². The summed E-state index contributed by atoms with van der Waals surface area (Å²) in [4.78, 5) is 16.5. The van der Waals surface area contributed by atoms with E-state index < -0.39 is 0 Å². The van der Waals surface area contributed by atoms with Crippen LogP contribution in [-0.4, -0.2) is 37.6 Å². The number of carbonyl (C=O) groups excluding carboxylic acids is 1. The van der Waals surface area contributed by atoms with E-state index in [1.807, 2.05) is 28.8 Å². The van der Waals surface area contributed by atoms with Crippen molar-refractivity contribution in [3.05, 3.63) is 54.4 Å². The van der Waals surface area contributed by atoms with Gasteiger partial charge in [0.25, 0.3) is 5.91 Å². The Balaban J connectivity index is 1.49. The molecule has 8 heteroatoms. The van der Waals surface area contributed by atoms with E-state index in [0.29, 0.717) is 0 Å². The van der Waals surface area contributed by atoms with Crippen LogP contribution in [0, 0.1) is 0 Å². The predicted molar refractivity (Wildman–Crippen MR) is 85.0 cm³/mol. The molecule has 1 aromatic carbocycles. The molecule has 4 rings (SSSR count). The summed E-state index contributed by atoms with van der Waals surface area (Å²) in [5, 5.41) is 11.0. The Bertz CT molecular complexity index is 867. The van der Waals surface area contributed by atoms with E-state index in [1.54, 1.807) is 30.5 Å². The van der Waals surface area contributed by atoms with Crippen LogP contribution in [0.3, 0.4) is 0 Å². The molecule has 0 saturated heterocycles. The van der Waals surface area contributed by atoms with E-state index in [0.717, 1.165) is 30.1 Å². The molecule has 0 aliphatic carbocycles. The van der Waals surface area contributed by atoms with Gasteiger partial charge in [-0.25, -0.2) is 9.67 Å². The van der Waals surface area contributed by atoms with Gasteiger partial charge in [0.15, 0.2) is 5.69 Å². The number of imidazole rings is 1. The van der Waals surface area contributed by atoms with Crippen molar-refractivity contribution in [2.45, 2.75) is 19.0 Å². The number of benzene rings is 1. The maximum Gasteiger partial charge on any atom is 0.274 e. The Labute approximate surface area is 138 Å². The first-order valence-electron chi connectivity index (χ1n) is 7.62. The van der Waals surface area contributed by atoms with Crippen molar-refractivity contribution in [3.8, 4) is 11.4 Å². The average Bonchev–Trinajstić information content (AvgIpc) is 3.33. The van der Waals surface area contributed by atoms with Gasteiger partial charge in [-0.1, -0.05) is 5.21 Å². The monoisotopic (exact) mass is 324 g/mol. The van der Waals surface area contributed by atoms with Crippen LogP contribution in [0.25, 0.3) is 5.69 Å². The van der Waals surface area contributed by atoms with Crippen LogP contribution in [0.1, 0.15) is 28.6 Å². The average molecular weight is 324 g/mol. The van der Waals surface area contributed by atoms with Gasteiger partial charge in [-0.05, 0) is 30.7 Å². The highest BCUT2D eigenvalue weighted by Gasteiger charge is 2.25. The van der Waals surface area contributed by atoms with E-state index in [4.69, 9.17) is 4.74 Å². The SMILES string of the molecule is COc1ccc(-n2cc(C(=O)NC3CCn4cncc43)nn2)cc1. The van der Waals surface area contributed by atoms with Crippen molar-refractivity contribution < 1.29 is 9.53 Å². The summed E-state index contributed by atoms with van der Waals surface area (Å²) in [7, 11) is 1.61. The van der Waals surface area contributed by atoms with Crippen LogP contribution < -0.4 is 10.1 Å². The number of fused-ring (bicyclic) bond motifs is 1. The van der Waals surface area contributed by atoms with Gasteiger partial charge in [-0.3, -0.25) is 4.79 Å². The van der Waals surface area contributed by atoms with Crippen molar-refractivity contribution in [2.24, 2.45) is 0 Å². The lowest BCUT2D eigenvalue weighted by Crippen LogP contribution is -2.27. The standard InChI is InChI=1S/C16H16N6O2/c1-24-12-4-2-11(3-5-12)22-9-14(19-20-22)16(23)18-13-6-7-21-10-17-8-15(13)21/h2-5,8-10,13H,6-7H2,1H3,(H,18,23). The van der Waals surface area contributed by atoms with Gasteiger partial charge in [0, 0.05) is 6.54 Å². The number of nitrogens with zero attached hydrogens (tertiary/aromatic N) is 5. The molecule has 3 heterocycles.